The van der Waals surface area contributed by atoms with Gasteiger partial charge in [-0.2, -0.15) is 0 Å². The van der Waals surface area contributed by atoms with Crippen LogP contribution in [0.15, 0.2) is 30.3 Å². The summed E-state index contributed by atoms with van der Waals surface area (Å²) < 4.78 is 0. The fourth-order valence-electron chi connectivity index (χ4n) is 6.54. The van der Waals surface area contributed by atoms with E-state index in [1.54, 1.807) is 29.2 Å². The molecule has 3 aliphatic rings. The van der Waals surface area contributed by atoms with E-state index in [9.17, 15) is 24.3 Å². The maximum Gasteiger partial charge on any atom is 0.326 e. The molecule has 1 aromatic rings. The molecule has 0 aromatic heterocycles. The molecule has 1 aromatic carbocycles. The van der Waals surface area contributed by atoms with E-state index < -0.39 is 29.5 Å². The minimum absolute atomic E-state index is 0.0186. The van der Waals surface area contributed by atoms with Gasteiger partial charge in [-0.15, -0.1) is 0 Å². The molecule has 1 heterocycles. The van der Waals surface area contributed by atoms with Gasteiger partial charge in [0.2, 0.25) is 11.8 Å². The van der Waals surface area contributed by atoms with Crippen molar-refractivity contribution in [2.24, 2.45) is 17.3 Å². The zero-order valence-electron chi connectivity index (χ0n) is 22.2. The number of benzene rings is 1. The van der Waals surface area contributed by atoms with E-state index in [0.717, 1.165) is 51.4 Å². The molecular formula is C29H41N3O5. The van der Waals surface area contributed by atoms with Gasteiger partial charge in [-0.1, -0.05) is 64.7 Å². The molecule has 37 heavy (non-hydrogen) atoms. The fourth-order valence-corrected chi connectivity index (χ4v) is 6.54. The Bertz CT molecular complexity index is 999. The zero-order valence-corrected chi connectivity index (χ0v) is 22.2. The molecule has 1 aliphatic heterocycles. The number of carbonyl (C=O) groups excluding carboxylic acids is 3. The molecule has 8 heteroatoms. The topological polar surface area (TPSA) is 116 Å². The van der Waals surface area contributed by atoms with Gasteiger partial charge in [0, 0.05) is 11.6 Å². The van der Waals surface area contributed by atoms with Crippen LogP contribution in [0.5, 0.6) is 0 Å². The van der Waals surface area contributed by atoms with Crippen LogP contribution in [-0.4, -0.2) is 57.9 Å². The Morgan fingerprint density at radius 2 is 1.59 bits per heavy atom. The number of rotatable bonds is 7. The largest absolute Gasteiger partial charge is 0.480 e. The summed E-state index contributed by atoms with van der Waals surface area (Å²) in [6, 6.07) is 6.19. The van der Waals surface area contributed by atoms with Crippen molar-refractivity contribution in [3.63, 3.8) is 0 Å². The molecule has 1 saturated heterocycles. The van der Waals surface area contributed by atoms with E-state index in [4.69, 9.17) is 0 Å². The SMILES string of the molecule is CC(C)(C)[C@H](NC(=O)[C@@H](NC(=O)c1ccccc1)C1CCCCC1)C(=O)N1C(C(=O)O)C[C@@H]2CCC[C@@H]21. The number of carboxylic acids is 1. The van der Waals surface area contributed by atoms with Crippen molar-refractivity contribution in [3.05, 3.63) is 35.9 Å². The zero-order chi connectivity index (χ0) is 26.7. The molecule has 0 bridgehead atoms. The van der Waals surface area contributed by atoms with Crippen LogP contribution < -0.4 is 10.6 Å². The van der Waals surface area contributed by atoms with Crippen LogP contribution in [0.2, 0.25) is 0 Å². The molecule has 2 saturated carbocycles. The lowest BCUT2D eigenvalue weighted by molar-refractivity contribution is -0.152. The van der Waals surface area contributed by atoms with Gasteiger partial charge < -0.3 is 20.6 Å². The number of aliphatic carboxylic acids is 1. The van der Waals surface area contributed by atoms with E-state index in [2.05, 4.69) is 10.6 Å². The summed E-state index contributed by atoms with van der Waals surface area (Å²) in [6.45, 7) is 5.64. The third kappa shape index (κ3) is 5.99. The summed E-state index contributed by atoms with van der Waals surface area (Å²) in [5.41, 5.74) is -0.166. The molecule has 3 fully saturated rings. The van der Waals surface area contributed by atoms with E-state index in [1.807, 2.05) is 26.8 Å². The first-order valence-corrected chi connectivity index (χ1v) is 13.8. The quantitative estimate of drug-likeness (QED) is 0.516. The molecule has 3 N–H and O–H groups in total. The predicted molar refractivity (Wildman–Crippen MR) is 140 cm³/mol. The Hall–Kier alpha value is -2.90. The maximum absolute atomic E-state index is 14.0. The highest BCUT2D eigenvalue weighted by Gasteiger charge is 2.52. The van der Waals surface area contributed by atoms with E-state index in [-0.39, 0.29) is 35.6 Å². The lowest BCUT2D eigenvalue weighted by Crippen LogP contribution is -2.62. The molecule has 202 valence electrons. The molecule has 8 nitrogen and oxygen atoms in total. The average Bonchev–Trinajstić information content (AvgIpc) is 3.47. The van der Waals surface area contributed by atoms with Crippen molar-refractivity contribution < 1.29 is 24.3 Å². The highest BCUT2D eigenvalue weighted by molar-refractivity contribution is 5.99. The highest BCUT2D eigenvalue weighted by Crippen LogP contribution is 2.42. The van der Waals surface area contributed by atoms with Crippen LogP contribution in [-0.2, 0) is 14.4 Å². The summed E-state index contributed by atoms with van der Waals surface area (Å²) in [5.74, 6) is -1.84. The van der Waals surface area contributed by atoms with Crippen LogP contribution >= 0.6 is 0 Å². The third-order valence-electron chi connectivity index (χ3n) is 8.50. The second kappa shape index (κ2) is 11.2. The number of carbonyl (C=O) groups is 4. The van der Waals surface area contributed by atoms with Crippen LogP contribution in [0.4, 0.5) is 0 Å². The first-order chi connectivity index (χ1) is 17.6. The number of amides is 3. The number of nitrogens with zero attached hydrogens (tertiary/aromatic N) is 1. The molecule has 0 radical (unpaired) electrons. The van der Waals surface area contributed by atoms with Crippen molar-refractivity contribution in [1.82, 2.24) is 15.5 Å². The first-order valence-electron chi connectivity index (χ1n) is 13.8. The maximum atomic E-state index is 14.0. The minimum Gasteiger partial charge on any atom is -0.480 e. The summed E-state index contributed by atoms with van der Waals surface area (Å²) in [7, 11) is 0. The Morgan fingerprint density at radius 1 is 0.919 bits per heavy atom. The number of hydrogen-bond donors (Lipinski definition) is 3. The number of likely N-dealkylation sites (tertiary alicyclic amines) is 1. The van der Waals surface area contributed by atoms with E-state index >= 15 is 0 Å². The molecule has 3 amide bonds. The van der Waals surface area contributed by atoms with Crippen molar-refractivity contribution in [3.8, 4) is 0 Å². The van der Waals surface area contributed by atoms with Gasteiger partial charge in [0.05, 0.1) is 0 Å². The normalized spacial score (nSPS) is 25.7. The fraction of sp³-hybridized carbons (Fsp3) is 0.655. The number of hydrogen-bond acceptors (Lipinski definition) is 4. The lowest BCUT2D eigenvalue weighted by Gasteiger charge is -2.38. The van der Waals surface area contributed by atoms with Crippen molar-refractivity contribution in [2.75, 3.05) is 0 Å². The van der Waals surface area contributed by atoms with Gasteiger partial charge in [0.25, 0.3) is 5.91 Å². The van der Waals surface area contributed by atoms with Crippen molar-refractivity contribution >= 4 is 23.7 Å². The Kier molecular flexibility index (Phi) is 8.24. The second-order valence-electron chi connectivity index (χ2n) is 12.1. The number of nitrogens with one attached hydrogen (secondary N) is 2. The highest BCUT2D eigenvalue weighted by atomic mass is 16.4. The van der Waals surface area contributed by atoms with Gasteiger partial charge in [-0.25, -0.2) is 4.79 Å². The molecule has 5 atom stereocenters. The molecular weight excluding hydrogens is 470 g/mol. The molecule has 2 aliphatic carbocycles. The molecule has 0 spiro atoms. The van der Waals surface area contributed by atoms with Crippen LogP contribution in [0.25, 0.3) is 0 Å². The van der Waals surface area contributed by atoms with Gasteiger partial charge in [-0.3, -0.25) is 14.4 Å². The van der Waals surface area contributed by atoms with Gasteiger partial charge in [-0.05, 0) is 61.5 Å². The first kappa shape index (κ1) is 27.1. The predicted octanol–water partition coefficient (Wildman–Crippen LogP) is 3.75. The third-order valence-corrected chi connectivity index (χ3v) is 8.50. The summed E-state index contributed by atoms with van der Waals surface area (Å²) >= 11 is 0. The summed E-state index contributed by atoms with van der Waals surface area (Å²) in [5, 5.41) is 15.8. The van der Waals surface area contributed by atoms with Crippen LogP contribution in [0.3, 0.4) is 0 Å². The van der Waals surface area contributed by atoms with Crippen LogP contribution in [0, 0.1) is 17.3 Å². The Labute approximate surface area is 219 Å². The van der Waals surface area contributed by atoms with Gasteiger partial charge >= 0.3 is 5.97 Å². The smallest absolute Gasteiger partial charge is 0.326 e. The van der Waals surface area contributed by atoms with Crippen molar-refractivity contribution in [1.29, 1.82) is 0 Å². The monoisotopic (exact) mass is 511 g/mol. The second-order valence-corrected chi connectivity index (χ2v) is 12.1. The molecule has 1 unspecified atom stereocenters. The van der Waals surface area contributed by atoms with Crippen molar-refractivity contribution in [2.45, 2.75) is 103 Å². The summed E-state index contributed by atoms with van der Waals surface area (Å²) in [4.78, 5) is 54.5. The summed E-state index contributed by atoms with van der Waals surface area (Å²) in [6.07, 6.45) is 7.93. The number of fused-ring (bicyclic) bond motifs is 1. The average molecular weight is 512 g/mol. The van der Waals surface area contributed by atoms with E-state index in [1.165, 1.54) is 0 Å². The van der Waals surface area contributed by atoms with E-state index in [0.29, 0.717) is 12.0 Å². The standard InChI is InChI=1S/C29H41N3O5/c1-29(2,3)24(27(35)32-21-16-10-15-20(21)17-22(32)28(36)37)31-26(34)23(18-11-6-4-7-12-18)30-25(33)19-13-8-5-9-14-19/h5,8-9,13-14,18,20-24H,4,6-7,10-12,15-17H2,1-3H3,(H,30,33)(H,31,34)(H,36,37)/t20-,21-,22?,23-,24+/m0/s1. The van der Waals surface area contributed by atoms with Crippen LogP contribution in [0.1, 0.15) is 88.9 Å². The number of carboxylic acid groups (broad SMARTS) is 1. The Balaban J connectivity index is 1.57. The minimum atomic E-state index is -0.989. The lowest BCUT2D eigenvalue weighted by atomic mass is 9.82. The molecule has 4 rings (SSSR count). The van der Waals surface area contributed by atoms with Gasteiger partial charge in [0.1, 0.15) is 18.1 Å². The van der Waals surface area contributed by atoms with Gasteiger partial charge in [0.15, 0.2) is 0 Å². The Morgan fingerprint density at radius 3 is 2.22 bits per heavy atom.